The molecule has 3 aliphatic carbocycles. The predicted octanol–water partition coefficient (Wildman–Crippen LogP) is 15.0. The fourth-order valence-electron chi connectivity index (χ4n) is 14.6. The van der Waals surface area contributed by atoms with Crippen LogP contribution in [0.2, 0.25) is 0 Å². The Morgan fingerprint density at radius 2 is 0.926 bits per heavy atom. The van der Waals surface area contributed by atoms with Crippen molar-refractivity contribution in [1.82, 2.24) is 0 Å². The number of anilines is 5. The highest BCUT2D eigenvalue weighted by molar-refractivity contribution is 6.94. The van der Waals surface area contributed by atoms with Crippen LogP contribution >= 0.6 is 0 Å². The molecule has 9 aromatic rings. The van der Waals surface area contributed by atoms with Crippen LogP contribution in [0.15, 0.2) is 182 Å². The number of rotatable bonds is 1. The fourth-order valence-corrected chi connectivity index (χ4v) is 14.6. The molecule has 6 aliphatic rings. The molecule has 1 spiro atoms. The smallest absolute Gasteiger partial charge is 0.333 e. The van der Waals surface area contributed by atoms with Crippen LogP contribution in [-0.4, -0.2) is 6.85 Å². The second-order valence-corrected chi connectivity index (χ2v) is 22.3. The molecule has 15 rings (SSSR count). The Hall–Kier alpha value is -7.36. The third-order valence-electron chi connectivity index (χ3n) is 17.3. The third kappa shape index (κ3) is 4.39. The predicted molar refractivity (Wildman–Crippen MR) is 285 cm³/mol. The highest BCUT2D eigenvalue weighted by Crippen LogP contribution is 2.66. The number of hydrogen-bond acceptors (Lipinski definition) is 2. The lowest BCUT2D eigenvalue weighted by Gasteiger charge is -2.52. The molecule has 3 heterocycles. The first kappa shape index (κ1) is 38.7. The largest absolute Gasteiger partial charge is 0.376 e. The summed E-state index contributed by atoms with van der Waals surface area (Å²) in [6.45, 7) is 16.8. The Labute approximate surface area is 400 Å². The minimum Gasteiger partial charge on any atom is -0.376 e. The second-order valence-electron chi connectivity index (χ2n) is 22.3. The lowest BCUT2D eigenvalue weighted by atomic mass is 9.41. The quantitative estimate of drug-likeness (QED) is 0.152. The van der Waals surface area contributed by atoms with Gasteiger partial charge in [0.2, 0.25) is 0 Å². The molecular formula is C65H51BN2. The van der Waals surface area contributed by atoms with Crippen LogP contribution in [0.1, 0.15) is 98.5 Å². The Balaban J connectivity index is 1.14. The number of fused-ring (bicyclic) bond motifs is 21. The van der Waals surface area contributed by atoms with Crippen molar-refractivity contribution in [1.29, 1.82) is 0 Å². The minimum atomic E-state index is -0.514. The van der Waals surface area contributed by atoms with Crippen molar-refractivity contribution >= 4 is 46.2 Å². The summed E-state index contributed by atoms with van der Waals surface area (Å²) in [5.74, 6) is 0. The SMILES string of the molecule is CC(C)(C)c1ccc(N2B3c4cccc5c4N(c4ccccc4C54c5ccccc5-c5ccccc54)c4cc5c(c(c43)-c3c2ccc2c3C(C)(C)c3ccccc3-2)C(C)(C)c2ccccc2-5)cc1. The summed E-state index contributed by atoms with van der Waals surface area (Å²) in [4.78, 5) is 5.47. The topological polar surface area (TPSA) is 6.48 Å². The number of para-hydroxylation sites is 2. The van der Waals surface area contributed by atoms with Crippen LogP contribution in [0.3, 0.4) is 0 Å². The standard InChI is InChI=1S/C65H51BN2/c1-62(2,3)38-31-33-39(34-32-38)68-54-36-35-44-42-21-8-12-23-46(42)63(4,5)58(44)56(54)57-59-45(43-22-9-13-24-47(43)64(59,6)7)37-55-60(57)66(68)52-29-18-28-51-61(52)67(55)53-30-17-16-27-50(53)65(51)48-25-14-10-19-40(48)41-20-11-15-26-49(41)65/h8-37H,1-7H3. The molecule has 3 heteroatoms. The highest BCUT2D eigenvalue weighted by Gasteiger charge is 2.57. The highest BCUT2D eigenvalue weighted by atomic mass is 15.2. The number of nitrogens with zero attached hydrogens (tertiary/aromatic N) is 2. The maximum Gasteiger partial charge on any atom is 0.333 e. The maximum atomic E-state index is 2.76. The minimum absolute atomic E-state index is 0.0231. The van der Waals surface area contributed by atoms with Gasteiger partial charge in [-0.1, -0.05) is 200 Å². The van der Waals surface area contributed by atoms with Crippen LogP contribution in [0.25, 0.3) is 44.5 Å². The first-order valence-corrected chi connectivity index (χ1v) is 24.6. The van der Waals surface area contributed by atoms with E-state index in [-0.39, 0.29) is 23.1 Å². The van der Waals surface area contributed by atoms with E-state index >= 15 is 0 Å². The van der Waals surface area contributed by atoms with Crippen LogP contribution < -0.4 is 20.6 Å². The van der Waals surface area contributed by atoms with Gasteiger partial charge in [-0.15, -0.1) is 0 Å². The summed E-state index contributed by atoms with van der Waals surface area (Å²) < 4.78 is 0. The summed E-state index contributed by atoms with van der Waals surface area (Å²) in [6.07, 6.45) is 0. The van der Waals surface area contributed by atoms with E-state index in [0.717, 1.165) is 0 Å². The zero-order valence-electron chi connectivity index (χ0n) is 39.8. The molecule has 0 aromatic heterocycles. The van der Waals surface area contributed by atoms with Gasteiger partial charge >= 0.3 is 6.85 Å². The van der Waals surface area contributed by atoms with E-state index < -0.39 is 5.41 Å². The molecular weight excluding hydrogens is 820 g/mol. The van der Waals surface area contributed by atoms with Crippen LogP contribution in [0.5, 0.6) is 0 Å². The van der Waals surface area contributed by atoms with E-state index in [1.807, 2.05) is 0 Å². The van der Waals surface area contributed by atoms with Gasteiger partial charge in [0.25, 0.3) is 0 Å². The average molecular weight is 871 g/mol. The summed E-state index contributed by atoms with van der Waals surface area (Å²) in [7, 11) is 0. The van der Waals surface area contributed by atoms with E-state index in [1.165, 1.54) is 134 Å². The average Bonchev–Trinajstić information content (AvgIpc) is 3.88. The lowest BCUT2D eigenvalue weighted by Crippen LogP contribution is -2.63. The van der Waals surface area contributed by atoms with E-state index in [0.29, 0.717) is 0 Å². The fraction of sp³-hybridized carbons (Fsp3) is 0.169. The Bertz CT molecular complexity index is 3700. The summed E-state index contributed by atoms with van der Waals surface area (Å²) in [5.41, 5.74) is 31.4. The van der Waals surface area contributed by atoms with Crippen molar-refractivity contribution < 1.29 is 0 Å². The first-order chi connectivity index (χ1) is 32.9. The molecule has 0 radical (unpaired) electrons. The molecule has 0 saturated carbocycles. The first-order valence-electron chi connectivity index (χ1n) is 24.6. The Morgan fingerprint density at radius 1 is 0.412 bits per heavy atom. The lowest BCUT2D eigenvalue weighted by molar-refractivity contribution is 0.590. The normalized spacial score (nSPS) is 16.7. The number of hydrogen-bond donors (Lipinski definition) is 0. The molecule has 68 heavy (non-hydrogen) atoms. The Morgan fingerprint density at radius 3 is 1.54 bits per heavy atom. The monoisotopic (exact) mass is 870 g/mol. The zero-order valence-corrected chi connectivity index (χ0v) is 39.8. The van der Waals surface area contributed by atoms with E-state index in [4.69, 9.17) is 0 Å². The van der Waals surface area contributed by atoms with Gasteiger partial charge in [-0.05, 0) is 136 Å². The summed E-state index contributed by atoms with van der Waals surface area (Å²) in [6, 6.07) is 70.7. The van der Waals surface area contributed by atoms with Gasteiger partial charge in [-0.3, -0.25) is 0 Å². The molecule has 9 aromatic carbocycles. The van der Waals surface area contributed by atoms with Crippen molar-refractivity contribution in [2.24, 2.45) is 0 Å². The van der Waals surface area contributed by atoms with Crippen molar-refractivity contribution in [3.05, 3.63) is 232 Å². The molecule has 324 valence electrons. The van der Waals surface area contributed by atoms with Crippen LogP contribution in [0, 0.1) is 0 Å². The Kier molecular flexibility index (Phi) is 7.17. The summed E-state index contributed by atoms with van der Waals surface area (Å²) >= 11 is 0. The molecule has 0 fully saturated rings. The summed E-state index contributed by atoms with van der Waals surface area (Å²) in [5, 5.41) is 0. The molecule has 0 atom stereocenters. The van der Waals surface area contributed by atoms with Crippen molar-refractivity contribution in [3.8, 4) is 44.5 Å². The molecule has 0 amide bonds. The molecule has 3 aliphatic heterocycles. The van der Waals surface area contributed by atoms with Crippen LogP contribution in [-0.2, 0) is 21.7 Å². The van der Waals surface area contributed by atoms with E-state index in [9.17, 15) is 0 Å². The molecule has 0 saturated heterocycles. The van der Waals surface area contributed by atoms with Crippen molar-refractivity contribution in [3.63, 3.8) is 0 Å². The van der Waals surface area contributed by atoms with Gasteiger partial charge in [0.15, 0.2) is 0 Å². The zero-order chi connectivity index (χ0) is 45.8. The molecule has 0 unspecified atom stereocenters. The van der Waals surface area contributed by atoms with Crippen molar-refractivity contribution in [2.45, 2.75) is 70.1 Å². The molecule has 0 bridgehead atoms. The van der Waals surface area contributed by atoms with Gasteiger partial charge in [-0.25, -0.2) is 0 Å². The maximum absolute atomic E-state index is 2.76. The van der Waals surface area contributed by atoms with Crippen molar-refractivity contribution in [2.75, 3.05) is 9.71 Å². The molecule has 0 N–H and O–H groups in total. The van der Waals surface area contributed by atoms with Crippen LogP contribution in [0.4, 0.5) is 28.4 Å². The van der Waals surface area contributed by atoms with E-state index in [2.05, 4.69) is 240 Å². The van der Waals surface area contributed by atoms with Gasteiger partial charge in [0.05, 0.1) is 11.1 Å². The van der Waals surface area contributed by atoms with Gasteiger partial charge in [0.1, 0.15) is 0 Å². The van der Waals surface area contributed by atoms with Gasteiger partial charge < -0.3 is 9.71 Å². The molecule has 2 nitrogen and oxygen atoms in total. The number of benzene rings is 9. The second kappa shape index (κ2) is 12.6. The van der Waals surface area contributed by atoms with Gasteiger partial charge in [-0.2, -0.15) is 0 Å². The van der Waals surface area contributed by atoms with E-state index in [1.54, 1.807) is 0 Å². The third-order valence-corrected chi connectivity index (χ3v) is 17.3. The van der Waals surface area contributed by atoms with Gasteiger partial charge in [0, 0.05) is 39.1 Å².